The average Bonchev–Trinajstić information content (AvgIpc) is 2.70. The van der Waals surface area contributed by atoms with Crippen molar-refractivity contribution in [3.05, 3.63) is 72.0 Å². The molecule has 2 atom stereocenters. The number of ether oxygens (including phenoxy) is 1. The van der Waals surface area contributed by atoms with E-state index in [4.69, 9.17) is 4.74 Å². The first-order valence-corrected chi connectivity index (χ1v) is 10.1. The van der Waals surface area contributed by atoms with Gasteiger partial charge in [0.15, 0.2) is 5.78 Å². The Morgan fingerprint density at radius 2 is 2.21 bits per heavy atom. The third kappa shape index (κ3) is 4.62. The van der Waals surface area contributed by atoms with Crippen LogP contribution in [-0.4, -0.2) is 42.0 Å². The molecule has 1 N–H and O–H groups in total. The van der Waals surface area contributed by atoms with Crippen molar-refractivity contribution in [2.24, 2.45) is 5.92 Å². The molecule has 2 aliphatic heterocycles. The molecule has 2 saturated heterocycles. The fourth-order valence-electron chi connectivity index (χ4n) is 4.44. The van der Waals surface area contributed by atoms with Crippen LogP contribution in [0.2, 0.25) is 0 Å². The molecule has 0 spiro atoms. The average molecular weight is 382 g/mol. The number of Topliss-reactive ketones (excluding diaryl/α,β-unsaturated/α-hetero) is 1. The maximum absolute atomic E-state index is 11.9. The van der Waals surface area contributed by atoms with Gasteiger partial charge in [0, 0.05) is 37.7 Å². The molecule has 2 fully saturated rings. The Kier molecular flexibility index (Phi) is 6.53. The molecule has 1 aromatic carbocycles. The van der Waals surface area contributed by atoms with Crippen molar-refractivity contribution in [2.75, 3.05) is 26.2 Å². The summed E-state index contributed by atoms with van der Waals surface area (Å²) in [5, 5.41) is 9.17. The van der Waals surface area contributed by atoms with Gasteiger partial charge < -0.3 is 14.7 Å². The van der Waals surface area contributed by atoms with Crippen molar-refractivity contribution < 1.29 is 14.6 Å². The largest absolute Gasteiger partial charge is 0.509 e. The first kappa shape index (κ1) is 20.6. The molecule has 4 heteroatoms. The smallest absolute Gasteiger partial charge is 0.159 e. The van der Waals surface area contributed by atoms with E-state index in [-0.39, 0.29) is 17.1 Å². The van der Waals surface area contributed by atoms with Crippen LogP contribution in [0.4, 0.5) is 0 Å². The van der Waals surface area contributed by atoms with Crippen LogP contribution < -0.4 is 0 Å². The van der Waals surface area contributed by atoms with Gasteiger partial charge in [-0.25, -0.2) is 0 Å². The lowest BCUT2D eigenvalue weighted by molar-refractivity contribution is -0.158. The molecular weight excluding hydrogens is 350 g/mol. The van der Waals surface area contributed by atoms with Crippen molar-refractivity contribution in [1.82, 2.24) is 4.90 Å². The Hall–Kier alpha value is -2.17. The van der Waals surface area contributed by atoms with Gasteiger partial charge in [-0.2, -0.15) is 0 Å². The normalized spacial score (nSPS) is 25.4. The van der Waals surface area contributed by atoms with E-state index in [9.17, 15) is 9.90 Å². The van der Waals surface area contributed by atoms with E-state index >= 15 is 0 Å². The summed E-state index contributed by atoms with van der Waals surface area (Å²) in [6, 6.07) is 8.02. The first-order chi connectivity index (χ1) is 13.4. The van der Waals surface area contributed by atoms with Crippen molar-refractivity contribution >= 4 is 5.78 Å². The number of benzene rings is 1. The van der Waals surface area contributed by atoms with Crippen LogP contribution in [0.15, 0.2) is 60.9 Å². The molecule has 28 heavy (non-hydrogen) atoms. The van der Waals surface area contributed by atoms with Crippen LogP contribution in [0.25, 0.3) is 0 Å². The minimum Gasteiger partial charge on any atom is -0.509 e. The van der Waals surface area contributed by atoms with E-state index in [0.717, 1.165) is 68.6 Å². The summed E-state index contributed by atoms with van der Waals surface area (Å²) in [6.07, 6.45) is 7.44. The molecule has 2 heterocycles. The number of hydrogen-bond acceptors (Lipinski definition) is 4. The van der Waals surface area contributed by atoms with Gasteiger partial charge in [-0.15, -0.1) is 0 Å². The van der Waals surface area contributed by atoms with E-state index in [1.807, 2.05) is 24.3 Å². The highest BCUT2D eigenvalue weighted by molar-refractivity contribution is 5.94. The second-order valence-corrected chi connectivity index (χ2v) is 8.00. The first-order valence-electron chi connectivity index (χ1n) is 10.1. The molecule has 0 aromatic heterocycles. The predicted octanol–water partition coefficient (Wildman–Crippen LogP) is 4.79. The number of allylic oxidation sites excluding steroid dienone is 2. The number of aliphatic hydroxyl groups is 1. The third-order valence-electron chi connectivity index (χ3n) is 6.01. The van der Waals surface area contributed by atoms with E-state index in [0.29, 0.717) is 5.92 Å². The van der Waals surface area contributed by atoms with Crippen LogP contribution >= 0.6 is 0 Å². The lowest BCUT2D eigenvalue weighted by Gasteiger charge is -2.50. The van der Waals surface area contributed by atoms with Crippen LogP contribution in [0.5, 0.6) is 0 Å². The van der Waals surface area contributed by atoms with Crippen LogP contribution in [0.1, 0.15) is 48.5 Å². The minimum atomic E-state index is -0.272. The number of hydrogen-bond donors (Lipinski definition) is 1. The second-order valence-electron chi connectivity index (χ2n) is 8.00. The quantitative estimate of drug-likeness (QED) is 0.419. The van der Waals surface area contributed by atoms with Crippen molar-refractivity contribution in [3.8, 4) is 0 Å². The third-order valence-corrected chi connectivity index (χ3v) is 6.01. The summed E-state index contributed by atoms with van der Waals surface area (Å²) in [4.78, 5) is 14.3. The van der Waals surface area contributed by atoms with E-state index in [1.54, 1.807) is 13.0 Å². The monoisotopic (exact) mass is 381 g/mol. The van der Waals surface area contributed by atoms with Gasteiger partial charge in [0.2, 0.25) is 0 Å². The molecule has 3 rings (SSSR count). The molecule has 0 amide bonds. The van der Waals surface area contributed by atoms with Gasteiger partial charge in [0.25, 0.3) is 0 Å². The number of fused-ring (bicyclic) bond motifs is 1. The van der Waals surface area contributed by atoms with Gasteiger partial charge in [-0.3, -0.25) is 4.79 Å². The summed E-state index contributed by atoms with van der Waals surface area (Å²) in [5.74, 6) is 0.578. The van der Waals surface area contributed by atoms with Gasteiger partial charge in [-0.1, -0.05) is 43.0 Å². The number of carbonyl (C=O) groups is 1. The van der Waals surface area contributed by atoms with Crippen molar-refractivity contribution in [2.45, 2.75) is 38.2 Å². The molecule has 4 nitrogen and oxygen atoms in total. The number of ketones is 1. The Morgan fingerprint density at radius 1 is 1.39 bits per heavy atom. The lowest BCUT2D eigenvalue weighted by atomic mass is 9.72. The summed E-state index contributed by atoms with van der Waals surface area (Å²) in [5.41, 5.74) is 2.63. The Balaban J connectivity index is 1.70. The van der Waals surface area contributed by atoms with E-state index in [2.05, 4.69) is 24.1 Å². The molecule has 0 aliphatic carbocycles. The SMILES string of the molecule is C=C(O)/C=C\C(=C)CCN1CCC2(c3cccc(C(C)=O)c3)OCCCC2C1. The molecule has 2 aliphatic rings. The predicted molar refractivity (Wildman–Crippen MR) is 113 cm³/mol. The molecule has 0 saturated carbocycles. The van der Waals surface area contributed by atoms with Crippen LogP contribution in [0, 0.1) is 5.92 Å². The molecule has 0 bridgehead atoms. The fourth-order valence-corrected chi connectivity index (χ4v) is 4.44. The van der Waals surface area contributed by atoms with Gasteiger partial charge in [0.1, 0.15) is 5.76 Å². The maximum atomic E-state index is 11.9. The molecule has 2 unspecified atom stereocenters. The number of rotatable bonds is 7. The Morgan fingerprint density at radius 3 is 2.96 bits per heavy atom. The molecule has 150 valence electrons. The van der Waals surface area contributed by atoms with Crippen molar-refractivity contribution in [3.63, 3.8) is 0 Å². The Labute approximate surface area is 168 Å². The summed E-state index contributed by atoms with van der Waals surface area (Å²) in [6.45, 7) is 12.8. The molecule has 0 radical (unpaired) electrons. The van der Waals surface area contributed by atoms with Gasteiger partial charge in [0.05, 0.1) is 5.60 Å². The topological polar surface area (TPSA) is 49.8 Å². The van der Waals surface area contributed by atoms with Crippen molar-refractivity contribution in [1.29, 1.82) is 0 Å². The highest BCUT2D eigenvalue weighted by Crippen LogP contribution is 2.46. The zero-order chi connectivity index (χ0) is 20.1. The van der Waals surface area contributed by atoms with E-state index < -0.39 is 0 Å². The Bertz CT molecular complexity index is 782. The zero-order valence-electron chi connectivity index (χ0n) is 16.8. The standard InChI is InChI=1S/C24H31NO3/c1-18(9-10-19(2)26)11-13-25-14-12-24(23(17-25)8-5-15-28-24)22-7-4-6-21(16-22)20(3)27/h4,6-7,9-10,16,23,26H,1-2,5,8,11-15,17H2,3H3/b10-9-. The number of aliphatic hydroxyl groups excluding tert-OH is 1. The maximum Gasteiger partial charge on any atom is 0.159 e. The number of carbonyl (C=O) groups excluding carboxylic acids is 1. The fraction of sp³-hybridized carbons (Fsp3) is 0.458. The molecule has 1 aromatic rings. The van der Waals surface area contributed by atoms with Gasteiger partial charge >= 0.3 is 0 Å². The van der Waals surface area contributed by atoms with Crippen LogP contribution in [0.3, 0.4) is 0 Å². The highest BCUT2D eigenvalue weighted by Gasteiger charge is 2.46. The summed E-state index contributed by atoms with van der Waals surface area (Å²) >= 11 is 0. The number of likely N-dealkylation sites (tertiary alicyclic amines) is 1. The summed E-state index contributed by atoms with van der Waals surface area (Å²) < 4.78 is 6.42. The summed E-state index contributed by atoms with van der Waals surface area (Å²) in [7, 11) is 0. The van der Waals surface area contributed by atoms with E-state index in [1.165, 1.54) is 0 Å². The highest BCUT2D eigenvalue weighted by atomic mass is 16.5. The lowest BCUT2D eigenvalue weighted by Crippen LogP contribution is -2.53. The van der Waals surface area contributed by atoms with Crippen LogP contribution in [-0.2, 0) is 10.3 Å². The second kappa shape index (κ2) is 8.89. The van der Waals surface area contributed by atoms with Gasteiger partial charge in [-0.05, 0) is 50.3 Å². The zero-order valence-corrected chi connectivity index (χ0v) is 16.8. The minimum absolute atomic E-state index is 0.0519. The number of nitrogens with zero attached hydrogens (tertiary/aromatic N) is 1. The number of piperidine rings is 1. The molecular formula is C24H31NO3.